The van der Waals surface area contributed by atoms with Crippen LogP contribution in [0.2, 0.25) is 0 Å². The molecule has 2 aliphatic carbocycles. The SMILES string of the molecule is C[C@@H](NC1CCCc2cccnc21)C1CCCCC1. The van der Waals surface area contributed by atoms with Crippen molar-refractivity contribution in [3.8, 4) is 0 Å². The van der Waals surface area contributed by atoms with E-state index >= 15 is 0 Å². The predicted molar refractivity (Wildman–Crippen MR) is 79.1 cm³/mol. The number of fused-ring (bicyclic) bond motifs is 1. The molecule has 3 rings (SSSR count). The Balaban J connectivity index is 1.66. The molecule has 0 aliphatic heterocycles. The standard InChI is InChI=1S/C17H26N2/c1-13(14-7-3-2-4-8-14)19-16-11-5-9-15-10-6-12-18-17(15)16/h6,10,12-14,16,19H,2-5,7-9,11H2,1H3/t13-,16?/m1/s1. The van der Waals surface area contributed by atoms with Gasteiger partial charge < -0.3 is 5.32 Å². The molecule has 0 radical (unpaired) electrons. The molecule has 2 nitrogen and oxygen atoms in total. The molecule has 104 valence electrons. The van der Waals surface area contributed by atoms with E-state index in [1.165, 1.54) is 62.6 Å². The summed E-state index contributed by atoms with van der Waals surface area (Å²) in [7, 11) is 0. The minimum atomic E-state index is 0.488. The molecule has 0 bridgehead atoms. The molecular formula is C17H26N2. The molecule has 0 saturated heterocycles. The minimum Gasteiger partial charge on any atom is -0.306 e. The van der Waals surface area contributed by atoms with Crippen molar-refractivity contribution in [1.29, 1.82) is 0 Å². The minimum absolute atomic E-state index is 0.488. The zero-order chi connectivity index (χ0) is 13.1. The van der Waals surface area contributed by atoms with E-state index in [1.807, 2.05) is 6.20 Å². The molecular weight excluding hydrogens is 232 g/mol. The summed E-state index contributed by atoms with van der Waals surface area (Å²) in [6.07, 6.45) is 12.8. The number of aryl methyl sites for hydroxylation is 1. The number of nitrogens with one attached hydrogen (secondary N) is 1. The highest BCUT2D eigenvalue weighted by Gasteiger charge is 2.26. The van der Waals surface area contributed by atoms with Crippen LogP contribution in [0.25, 0.3) is 0 Å². The lowest BCUT2D eigenvalue weighted by Gasteiger charge is -2.33. The Morgan fingerprint density at radius 1 is 1.16 bits per heavy atom. The number of aromatic nitrogens is 1. The fourth-order valence-electron chi connectivity index (χ4n) is 3.86. The summed E-state index contributed by atoms with van der Waals surface area (Å²) in [4.78, 5) is 4.64. The van der Waals surface area contributed by atoms with Crippen LogP contribution in [0.3, 0.4) is 0 Å². The van der Waals surface area contributed by atoms with Gasteiger partial charge in [-0.25, -0.2) is 0 Å². The van der Waals surface area contributed by atoms with Gasteiger partial charge in [-0.1, -0.05) is 25.3 Å². The Kier molecular flexibility index (Phi) is 4.17. The van der Waals surface area contributed by atoms with Crippen LogP contribution in [0.15, 0.2) is 18.3 Å². The van der Waals surface area contributed by atoms with Gasteiger partial charge in [0.05, 0.1) is 5.69 Å². The average Bonchev–Trinajstić information content (AvgIpc) is 2.48. The van der Waals surface area contributed by atoms with Gasteiger partial charge in [-0.05, 0) is 56.6 Å². The lowest BCUT2D eigenvalue weighted by Crippen LogP contribution is -2.38. The topological polar surface area (TPSA) is 24.9 Å². The first-order valence-electron chi connectivity index (χ1n) is 8.04. The van der Waals surface area contributed by atoms with Gasteiger partial charge in [-0.3, -0.25) is 4.98 Å². The van der Waals surface area contributed by atoms with Crippen molar-refractivity contribution in [1.82, 2.24) is 10.3 Å². The van der Waals surface area contributed by atoms with E-state index in [-0.39, 0.29) is 0 Å². The van der Waals surface area contributed by atoms with Crippen molar-refractivity contribution >= 4 is 0 Å². The second-order valence-electron chi connectivity index (χ2n) is 6.35. The molecule has 0 aromatic carbocycles. The van der Waals surface area contributed by atoms with E-state index < -0.39 is 0 Å². The van der Waals surface area contributed by atoms with E-state index in [0.29, 0.717) is 12.1 Å². The van der Waals surface area contributed by atoms with Crippen molar-refractivity contribution in [2.75, 3.05) is 0 Å². The van der Waals surface area contributed by atoms with Gasteiger partial charge in [-0.2, -0.15) is 0 Å². The lowest BCUT2D eigenvalue weighted by molar-refractivity contribution is 0.255. The van der Waals surface area contributed by atoms with Crippen molar-refractivity contribution in [2.24, 2.45) is 5.92 Å². The van der Waals surface area contributed by atoms with E-state index in [0.717, 1.165) is 5.92 Å². The van der Waals surface area contributed by atoms with Crippen LogP contribution in [0.4, 0.5) is 0 Å². The van der Waals surface area contributed by atoms with Crippen LogP contribution in [0.5, 0.6) is 0 Å². The molecule has 0 spiro atoms. The number of hydrogen-bond acceptors (Lipinski definition) is 2. The number of rotatable bonds is 3. The highest BCUT2D eigenvalue weighted by Crippen LogP contribution is 2.31. The molecule has 2 atom stereocenters. The van der Waals surface area contributed by atoms with E-state index in [2.05, 4.69) is 29.4 Å². The fourth-order valence-corrected chi connectivity index (χ4v) is 3.86. The zero-order valence-electron chi connectivity index (χ0n) is 12.1. The highest BCUT2D eigenvalue weighted by molar-refractivity contribution is 5.25. The van der Waals surface area contributed by atoms with Crippen LogP contribution < -0.4 is 5.32 Å². The Morgan fingerprint density at radius 2 is 2.00 bits per heavy atom. The van der Waals surface area contributed by atoms with Crippen molar-refractivity contribution in [2.45, 2.75) is 70.4 Å². The third-order valence-electron chi connectivity index (χ3n) is 5.02. The van der Waals surface area contributed by atoms with Gasteiger partial charge in [0.15, 0.2) is 0 Å². The molecule has 2 heteroatoms. The molecule has 0 amide bonds. The third kappa shape index (κ3) is 3.00. The maximum atomic E-state index is 4.64. The van der Waals surface area contributed by atoms with Gasteiger partial charge in [0.25, 0.3) is 0 Å². The molecule has 1 heterocycles. The van der Waals surface area contributed by atoms with Gasteiger partial charge in [0.2, 0.25) is 0 Å². The van der Waals surface area contributed by atoms with Crippen LogP contribution in [0, 0.1) is 5.92 Å². The summed E-state index contributed by atoms with van der Waals surface area (Å²) in [6, 6.07) is 5.45. The molecule has 1 N–H and O–H groups in total. The monoisotopic (exact) mass is 258 g/mol. The molecule has 1 fully saturated rings. The van der Waals surface area contributed by atoms with E-state index in [4.69, 9.17) is 0 Å². The maximum Gasteiger partial charge on any atom is 0.0605 e. The van der Waals surface area contributed by atoms with Crippen LogP contribution >= 0.6 is 0 Å². The van der Waals surface area contributed by atoms with E-state index in [1.54, 1.807) is 0 Å². The van der Waals surface area contributed by atoms with Gasteiger partial charge in [0.1, 0.15) is 0 Å². The highest BCUT2D eigenvalue weighted by atomic mass is 15.0. The molecule has 2 aliphatic rings. The number of nitrogens with zero attached hydrogens (tertiary/aromatic N) is 1. The first-order chi connectivity index (χ1) is 9.34. The van der Waals surface area contributed by atoms with Crippen molar-refractivity contribution in [3.63, 3.8) is 0 Å². The van der Waals surface area contributed by atoms with Gasteiger partial charge >= 0.3 is 0 Å². The van der Waals surface area contributed by atoms with Crippen LogP contribution in [-0.2, 0) is 6.42 Å². The second kappa shape index (κ2) is 6.04. The summed E-state index contributed by atoms with van der Waals surface area (Å²) in [6.45, 7) is 2.38. The van der Waals surface area contributed by atoms with Gasteiger partial charge in [-0.15, -0.1) is 0 Å². The van der Waals surface area contributed by atoms with Crippen molar-refractivity contribution < 1.29 is 0 Å². The number of hydrogen-bond donors (Lipinski definition) is 1. The fraction of sp³-hybridized carbons (Fsp3) is 0.706. The number of pyridine rings is 1. The first kappa shape index (κ1) is 13.1. The van der Waals surface area contributed by atoms with E-state index in [9.17, 15) is 0 Å². The molecule has 1 unspecified atom stereocenters. The summed E-state index contributed by atoms with van der Waals surface area (Å²) in [5, 5.41) is 3.88. The predicted octanol–water partition coefficient (Wildman–Crippen LogP) is 4.02. The van der Waals surface area contributed by atoms with Crippen LogP contribution in [0.1, 0.15) is 69.2 Å². The smallest absolute Gasteiger partial charge is 0.0605 e. The maximum absolute atomic E-state index is 4.64. The Labute approximate surface area is 117 Å². The summed E-state index contributed by atoms with van der Waals surface area (Å²) in [5.74, 6) is 0.878. The first-order valence-corrected chi connectivity index (χ1v) is 8.04. The molecule has 19 heavy (non-hydrogen) atoms. The normalized spacial score (nSPS) is 25.8. The zero-order valence-corrected chi connectivity index (χ0v) is 12.1. The molecule has 1 aromatic heterocycles. The summed E-state index contributed by atoms with van der Waals surface area (Å²) in [5.41, 5.74) is 2.78. The Hall–Kier alpha value is -0.890. The quantitative estimate of drug-likeness (QED) is 0.886. The molecule has 1 aromatic rings. The average molecular weight is 258 g/mol. The van der Waals surface area contributed by atoms with Crippen molar-refractivity contribution in [3.05, 3.63) is 29.6 Å². The Bertz CT molecular complexity index is 409. The Morgan fingerprint density at radius 3 is 2.84 bits per heavy atom. The summed E-state index contributed by atoms with van der Waals surface area (Å²) >= 11 is 0. The third-order valence-corrected chi connectivity index (χ3v) is 5.02. The lowest BCUT2D eigenvalue weighted by atomic mass is 9.83. The largest absolute Gasteiger partial charge is 0.306 e. The molecule has 1 saturated carbocycles. The second-order valence-corrected chi connectivity index (χ2v) is 6.35. The van der Waals surface area contributed by atoms with Gasteiger partial charge in [0, 0.05) is 18.3 Å². The summed E-state index contributed by atoms with van der Waals surface area (Å²) < 4.78 is 0. The van der Waals surface area contributed by atoms with Crippen LogP contribution in [-0.4, -0.2) is 11.0 Å².